The van der Waals surface area contributed by atoms with Gasteiger partial charge in [-0.05, 0) is 76.3 Å². The zero-order valence-corrected chi connectivity index (χ0v) is 22.2. The van der Waals surface area contributed by atoms with Crippen molar-refractivity contribution in [3.8, 4) is 0 Å². The highest BCUT2D eigenvalue weighted by molar-refractivity contribution is 5.86. The van der Waals surface area contributed by atoms with E-state index in [1.807, 2.05) is 45.0 Å². The molecule has 1 heterocycles. The summed E-state index contributed by atoms with van der Waals surface area (Å²) in [7, 11) is 0. The molecule has 198 valence electrons. The second kappa shape index (κ2) is 11.7. The molecule has 2 fully saturated rings. The summed E-state index contributed by atoms with van der Waals surface area (Å²) in [6.07, 6.45) is 9.59. The standard InChI is InChI=1S/C29H43N3O4/c1-29(2,3)36-28(35)32-19-23-10-8-7-9-22(23)17-25(32)27(34)30-18-20-13-15-21(16-14-20)26(33)31-24-11-5-4-6-12-24/h7-10,20-21,24-25H,4-6,11-19H2,1-3H3,(H,30,34)(H,31,33)/t20?,21?,25-/m1/s1. The van der Waals surface area contributed by atoms with Crippen molar-refractivity contribution in [1.82, 2.24) is 15.5 Å². The zero-order chi connectivity index (χ0) is 25.7. The van der Waals surface area contributed by atoms with Crippen molar-refractivity contribution >= 4 is 17.9 Å². The Morgan fingerprint density at radius 3 is 2.25 bits per heavy atom. The third kappa shape index (κ3) is 7.01. The summed E-state index contributed by atoms with van der Waals surface area (Å²) in [6.45, 7) is 6.46. The van der Waals surface area contributed by atoms with Gasteiger partial charge in [-0.2, -0.15) is 0 Å². The van der Waals surface area contributed by atoms with Crippen LogP contribution in [-0.2, 0) is 27.3 Å². The molecule has 2 aliphatic carbocycles. The van der Waals surface area contributed by atoms with Crippen LogP contribution in [0.2, 0.25) is 0 Å². The van der Waals surface area contributed by atoms with Crippen LogP contribution in [0.4, 0.5) is 4.79 Å². The fourth-order valence-electron chi connectivity index (χ4n) is 5.83. The van der Waals surface area contributed by atoms with Gasteiger partial charge in [-0.15, -0.1) is 0 Å². The van der Waals surface area contributed by atoms with Gasteiger partial charge in [-0.1, -0.05) is 43.5 Å². The summed E-state index contributed by atoms with van der Waals surface area (Å²) in [6, 6.07) is 7.73. The van der Waals surface area contributed by atoms with Gasteiger partial charge in [-0.25, -0.2) is 4.79 Å². The van der Waals surface area contributed by atoms with Crippen LogP contribution in [0.3, 0.4) is 0 Å². The summed E-state index contributed by atoms with van der Waals surface area (Å²) in [5.74, 6) is 0.542. The molecule has 3 amide bonds. The number of nitrogens with zero attached hydrogens (tertiary/aromatic N) is 1. The monoisotopic (exact) mass is 497 g/mol. The lowest BCUT2D eigenvalue weighted by Crippen LogP contribution is -2.54. The predicted octanol–water partition coefficient (Wildman–Crippen LogP) is 4.72. The minimum atomic E-state index is -0.628. The van der Waals surface area contributed by atoms with Crippen LogP contribution < -0.4 is 10.6 Å². The molecule has 0 unspecified atom stereocenters. The maximum absolute atomic E-state index is 13.3. The van der Waals surface area contributed by atoms with Crippen LogP contribution in [-0.4, -0.2) is 47.0 Å². The van der Waals surface area contributed by atoms with Gasteiger partial charge in [-0.3, -0.25) is 14.5 Å². The number of ether oxygens (including phenoxy) is 1. The van der Waals surface area contributed by atoms with Crippen LogP contribution in [0, 0.1) is 11.8 Å². The highest BCUT2D eigenvalue weighted by atomic mass is 16.6. The summed E-state index contributed by atoms with van der Waals surface area (Å²) >= 11 is 0. The molecule has 1 aromatic rings. The highest BCUT2D eigenvalue weighted by Gasteiger charge is 2.37. The van der Waals surface area contributed by atoms with E-state index < -0.39 is 17.7 Å². The van der Waals surface area contributed by atoms with E-state index in [0.717, 1.165) is 49.7 Å². The zero-order valence-electron chi connectivity index (χ0n) is 22.2. The van der Waals surface area contributed by atoms with Gasteiger partial charge >= 0.3 is 6.09 Å². The number of hydrogen-bond donors (Lipinski definition) is 2. The fourth-order valence-corrected chi connectivity index (χ4v) is 5.83. The summed E-state index contributed by atoms with van der Waals surface area (Å²) in [5.41, 5.74) is 1.52. The normalized spacial score (nSPS) is 25.0. The average Bonchev–Trinajstić information content (AvgIpc) is 2.86. The number of amides is 3. The van der Waals surface area contributed by atoms with E-state index in [1.165, 1.54) is 19.3 Å². The van der Waals surface area contributed by atoms with Crippen molar-refractivity contribution in [2.45, 2.75) is 109 Å². The molecular formula is C29H43N3O4. The van der Waals surface area contributed by atoms with Crippen molar-refractivity contribution in [3.63, 3.8) is 0 Å². The van der Waals surface area contributed by atoms with E-state index in [0.29, 0.717) is 31.5 Å². The summed E-state index contributed by atoms with van der Waals surface area (Å²) in [5, 5.41) is 6.40. The largest absolute Gasteiger partial charge is 0.444 e. The average molecular weight is 498 g/mol. The van der Waals surface area contributed by atoms with Crippen LogP contribution in [0.15, 0.2) is 24.3 Å². The summed E-state index contributed by atoms with van der Waals surface area (Å²) < 4.78 is 5.62. The van der Waals surface area contributed by atoms with Crippen LogP contribution in [0.25, 0.3) is 0 Å². The molecule has 0 radical (unpaired) electrons. The number of fused-ring (bicyclic) bond motifs is 1. The molecule has 2 saturated carbocycles. The Balaban J connectivity index is 1.29. The molecule has 1 aliphatic heterocycles. The molecule has 0 aromatic heterocycles. The van der Waals surface area contributed by atoms with Gasteiger partial charge < -0.3 is 15.4 Å². The molecule has 7 heteroatoms. The quantitative estimate of drug-likeness (QED) is 0.616. The van der Waals surface area contributed by atoms with Gasteiger partial charge in [0.1, 0.15) is 11.6 Å². The number of nitrogens with one attached hydrogen (secondary N) is 2. The maximum Gasteiger partial charge on any atom is 0.411 e. The molecule has 0 saturated heterocycles. The first kappa shape index (κ1) is 26.5. The first-order chi connectivity index (χ1) is 17.2. The molecule has 2 N–H and O–H groups in total. The molecule has 0 spiro atoms. The number of carbonyl (C=O) groups excluding carboxylic acids is 3. The SMILES string of the molecule is CC(C)(C)OC(=O)N1Cc2ccccc2C[C@@H]1C(=O)NCC1CCC(C(=O)NC2CCCCC2)CC1. The molecule has 1 atom stereocenters. The van der Waals surface area contributed by atoms with Gasteiger partial charge in [0.05, 0.1) is 6.54 Å². The van der Waals surface area contributed by atoms with E-state index >= 15 is 0 Å². The molecule has 7 nitrogen and oxygen atoms in total. The Morgan fingerprint density at radius 2 is 1.58 bits per heavy atom. The number of hydrogen-bond acceptors (Lipinski definition) is 4. The number of carbonyl (C=O) groups is 3. The Morgan fingerprint density at radius 1 is 0.917 bits per heavy atom. The van der Waals surface area contributed by atoms with Crippen LogP contribution >= 0.6 is 0 Å². The minimum absolute atomic E-state index is 0.0939. The predicted molar refractivity (Wildman–Crippen MR) is 139 cm³/mol. The van der Waals surface area contributed by atoms with Crippen LogP contribution in [0.5, 0.6) is 0 Å². The molecule has 3 aliphatic rings. The number of benzene rings is 1. The van der Waals surface area contributed by atoms with E-state index in [2.05, 4.69) is 10.6 Å². The second-order valence-corrected chi connectivity index (χ2v) is 11.9. The van der Waals surface area contributed by atoms with Crippen molar-refractivity contribution in [2.75, 3.05) is 6.54 Å². The summed E-state index contributed by atoms with van der Waals surface area (Å²) in [4.78, 5) is 40.6. The lowest BCUT2D eigenvalue weighted by atomic mass is 9.81. The Hall–Kier alpha value is -2.57. The minimum Gasteiger partial charge on any atom is -0.444 e. The first-order valence-corrected chi connectivity index (χ1v) is 13.8. The van der Waals surface area contributed by atoms with Crippen molar-refractivity contribution in [3.05, 3.63) is 35.4 Å². The van der Waals surface area contributed by atoms with Crippen molar-refractivity contribution in [1.29, 1.82) is 0 Å². The second-order valence-electron chi connectivity index (χ2n) is 11.9. The van der Waals surface area contributed by atoms with Gasteiger partial charge in [0.15, 0.2) is 0 Å². The maximum atomic E-state index is 13.3. The van der Waals surface area contributed by atoms with Crippen molar-refractivity contribution in [2.24, 2.45) is 11.8 Å². The van der Waals surface area contributed by atoms with E-state index in [9.17, 15) is 14.4 Å². The Labute approximate surface area is 215 Å². The molecule has 0 bridgehead atoms. The van der Waals surface area contributed by atoms with Crippen molar-refractivity contribution < 1.29 is 19.1 Å². The topological polar surface area (TPSA) is 87.7 Å². The molecule has 36 heavy (non-hydrogen) atoms. The number of rotatable bonds is 5. The lowest BCUT2D eigenvalue weighted by molar-refractivity contribution is -0.128. The Bertz CT molecular complexity index is 927. The smallest absolute Gasteiger partial charge is 0.411 e. The van der Waals surface area contributed by atoms with Gasteiger partial charge in [0.2, 0.25) is 11.8 Å². The third-order valence-corrected chi connectivity index (χ3v) is 7.91. The molecular weight excluding hydrogens is 454 g/mol. The highest BCUT2D eigenvalue weighted by Crippen LogP contribution is 2.30. The first-order valence-electron chi connectivity index (χ1n) is 13.8. The van der Waals surface area contributed by atoms with Gasteiger partial charge in [0.25, 0.3) is 0 Å². The van der Waals surface area contributed by atoms with E-state index in [1.54, 1.807) is 4.90 Å². The third-order valence-electron chi connectivity index (χ3n) is 7.91. The fraction of sp³-hybridized carbons (Fsp3) is 0.690. The van der Waals surface area contributed by atoms with Crippen LogP contribution in [0.1, 0.15) is 89.7 Å². The van der Waals surface area contributed by atoms with Gasteiger partial charge in [0, 0.05) is 24.9 Å². The van der Waals surface area contributed by atoms with E-state index in [4.69, 9.17) is 4.74 Å². The van der Waals surface area contributed by atoms with E-state index in [-0.39, 0.29) is 17.7 Å². The lowest BCUT2D eigenvalue weighted by Gasteiger charge is -2.37. The molecule has 1 aromatic carbocycles. The molecule has 4 rings (SSSR count). The Kier molecular flexibility index (Phi) is 8.58.